The number of aryl methyl sites for hydroxylation is 1. The Morgan fingerprint density at radius 3 is 3.00 bits per heavy atom. The summed E-state index contributed by atoms with van der Waals surface area (Å²) in [7, 11) is 0. The van der Waals surface area contributed by atoms with Crippen LogP contribution in [-0.2, 0) is 9.53 Å². The minimum Gasteiger partial charge on any atom is -0.381 e. The molecule has 0 aromatic heterocycles. The first-order valence-corrected chi connectivity index (χ1v) is 6.61. The molecule has 1 atom stereocenters. The molecule has 1 aliphatic rings. The van der Waals surface area contributed by atoms with Crippen LogP contribution in [0.4, 0.5) is 5.69 Å². The fourth-order valence-corrected chi connectivity index (χ4v) is 2.50. The maximum absolute atomic E-state index is 12.0. The summed E-state index contributed by atoms with van der Waals surface area (Å²) in [6.07, 6.45) is 1.88. The lowest BCUT2D eigenvalue weighted by atomic mass is 10.0. The number of nitrogens with one attached hydrogen (secondary N) is 1. The number of ether oxygens (including phenoxy) is 1. The molecule has 1 heterocycles. The molecule has 1 N–H and O–H groups in total. The molecule has 92 valence electrons. The zero-order valence-electron chi connectivity index (χ0n) is 9.83. The number of rotatable bonds is 2. The molecule has 3 nitrogen and oxygen atoms in total. The van der Waals surface area contributed by atoms with E-state index in [-0.39, 0.29) is 11.8 Å². The molecule has 1 aromatic carbocycles. The van der Waals surface area contributed by atoms with Crippen LogP contribution in [0.15, 0.2) is 22.7 Å². The number of hydrogen-bond donors (Lipinski definition) is 1. The van der Waals surface area contributed by atoms with Gasteiger partial charge < -0.3 is 10.1 Å². The molecule has 1 saturated heterocycles. The first-order chi connectivity index (χ1) is 8.16. The van der Waals surface area contributed by atoms with Crippen molar-refractivity contribution in [3.8, 4) is 0 Å². The Morgan fingerprint density at radius 1 is 1.53 bits per heavy atom. The summed E-state index contributed by atoms with van der Waals surface area (Å²) < 4.78 is 6.24. The lowest BCUT2D eigenvalue weighted by Crippen LogP contribution is -2.30. The third kappa shape index (κ3) is 3.30. The zero-order valence-corrected chi connectivity index (χ0v) is 11.4. The van der Waals surface area contributed by atoms with Gasteiger partial charge in [0.05, 0.1) is 18.2 Å². The number of anilines is 1. The summed E-state index contributed by atoms with van der Waals surface area (Å²) in [5, 5.41) is 2.94. The first kappa shape index (κ1) is 12.6. The van der Waals surface area contributed by atoms with E-state index in [4.69, 9.17) is 4.74 Å². The van der Waals surface area contributed by atoms with Gasteiger partial charge in [-0.25, -0.2) is 0 Å². The molecule has 1 amide bonds. The number of amides is 1. The molecule has 0 saturated carbocycles. The summed E-state index contributed by atoms with van der Waals surface area (Å²) in [5.74, 6) is 0.0335. The Morgan fingerprint density at radius 2 is 2.35 bits per heavy atom. The molecule has 2 rings (SSSR count). The summed E-state index contributed by atoms with van der Waals surface area (Å²) in [6.45, 7) is 3.33. The molecule has 1 fully saturated rings. The predicted molar refractivity (Wildman–Crippen MR) is 71.1 cm³/mol. The Bertz CT molecular complexity index is 414. The average Bonchev–Trinajstić information content (AvgIpc) is 2.34. The third-order valence-corrected chi connectivity index (χ3v) is 3.57. The maximum atomic E-state index is 12.0. The Kier molecular flexibility index (Phi) is 4.18. The van der Waals surface area contributed by atoms with Gasteiger partial charge in [0.2, 0.25) is 5.91 Å². The van der Waals surface area contributed by atoms with Gasteiger partial charge in [-0.15, -0.1) is 0 Å². The van der Waals surface area contributed by atoms with Gasteiger partial charge in [-0.2, -0.15) is 0 Å². The van der Waals surface area contributed by atoms with Gasteiger partial charge in [-0.05, 0) is 53.4 Å². The third-order valence-electron chi connectivity index (χ3n) is 2.91. The Labute approximate surface area is 110 Å². The van der Waals surface area contributed by atoms with Crippen LogP contribution in [0.1, 0.15) is 18.4 Å². The van der Waals surface area contributed by atoms with Crippen LogP contribution in [0.5, 0.6) is 0 Å². The van der Waals surface area contributed by atoms with Crippen LogP contribution in [0.25, 0.3) is 0 Å². The molecule has 0 aliphatic carbocycles. The van der Waals surface area contributed by atoms with E-state index in [9.17, 15) is 4.79 Å². The molecule has 4 heteroatoms. The van der Waals surface area contributed by atoms with E-state index in [1.54, 1.807) is 0 Å². The fourth-order valence-electron chi connectivity index (χ4n) is 1.90. The van der Waals surface area contributed by atoms with Gasteiger partial charge in [0.1, 0.15) is 0 Å². The highest BCUT2D eigenvalue weighted by atomic mass is 79.9. The van der Waals surface area contributed by atoms with E-state index in [0.29, 0.717) is 6.61 Å². The summed E-state index contributed by atoms with van der Waals surface area (Å²) in [6, 6.07) is 5.89. The van der Waals surface area contributed by atoms with Crippen LogP contribution in [0, 0.1) is 12.8 Å². The summed E-state index contributed by atoms with van der Waals surface area (Å²) in [4.78, 5) is 12.0. The van der Waals surface area contributed by atoms with E-state index in [2.05, 4.69) is 21.2 Å². The highest BCUT2D eigenvalue weighted by molar-refractivity contribution is 9.10. The smallest absolute Gasteiger partial charge is 0.229 e. The van der Waals surface area contributed by atoms with Crippen molar-refractivity contribution >= 4 is 27.5 Å². The van der Waals surface area contributed by atoms with E-state index in [0.717, 1.165) is 35.2 Å². The first-order valence-electron chi connectivity index (χ1n) is 5.81. The lowest BCUT2D eigenvalue weighted by molar-refractivity contribution is -0.123. The topological polar surface area (TPSA) is 38.3 Å². The highest BCUT2D eigenvalue weighted by Gasteiger charge is 2.22. The minimum absolute atomic E-state index is 0.0167. The van der Waals surface area contributed by atoms with Crippen LogP contribution < -0.4 is 5.32 Å². The molecule has 1 unspecified atom stereocenters. The second-order valence-electron chi connectivity index (χ2n) is 4.39. The second-order valence-corrected chi connectivity index (χ2v) is 5.24. The van der Waals surface area contributed by atoms with Crippen LogP contribution >= 0.6 is 15.9 Å². The van der Waals surface area contributed by atoms with Crippen molar-refractivity contribution in [3.05, 3.63) is 28.2 Å². The number of carbonyl (C=O) groups excluding carboxylic acids is 1. The molecule has 1 aliphatic heterocycles. The van der Waals surface area contributed by atoms with Crippen molar-refractivity contribution in [2.24, 2.45) is 5.92 Å². The van der Waals surface area contributed by atoms with Crippen molar-refractivity contribution in [2.75, 3.05) is 18.5 Å². The van der Waals surface area contributed by atoms with Crippen molar-refractivity contribution < 1.29 is 9.53 Å². The lowest BCUT2D eigenvalue weighted by Gasteiger charge is -2.21. The van der Waals surface area contributed by atoms with Gasteiger partial charge in [0, 0.05) is 11.1 Å². The minimum atomic E-state index is -0.0167. The molecule has 0 radical (unpaired) electrons. The fraction of sp³-hybridized carbons (Fsp3) is 0.462. The van der Waals surface area contributed by atoms with Crippen molar-refractivity contribution in [1.82, 2.24) is 0 Å². The van der Waals surface area contributed by atoms with E-state index in [1.807, 2.05) is 25.1 Å². The van der Waals surface area contributed by atoms with Gasteiger partial charge >= 0.3 is 0 Å². The summed E-state index contributed by atoms with van der Waals surface area (Å²) in [5.41, 5.74) is 1.99. The quantitative estimate of drug-likeness (QED) is 0.911. The number of benzene rings is 1. The molecule has 0 spiro atoms. The normalized spacial score (nSPS) is 20.0. The number of carbonyl (C=O) groups is 1. The number of hydrogen-bond acceptors (Lipinski definition) is 2. The van der Waals surface area contributed by atoms with Gasteiger partial charge in [0.15, 0.2) is 0 Å². The predicted octanol–water partition coefficient (Wildman–Crippen LogP) is 3.12. The number of halogens is 1. The molecular weight excluding hydrogens is 282 g/mol. The van der Waals surface area contributed by atoms with E-state index >= 15 is 0 Å². The molecule has 1 aromatic rings. The van der Waals surface area contributed by atoms with E-state index < -0.39 is 0 Å². The van der Waals surface area contributed by atoms with Crippen molar-refractivity contribution in [2.45, 2.75) is 19.8 Å². The SMILES string of the molecule is Cc1ccc(NC(=O)C2CCCOC2)c(Br)c1. The zero-order chi connectivity index (χ0) is 12.3. The molecule has 0 bridgehead atoms. The Balaban J connectivity index is 2.02. The van der Waals surface area contributed by atoms with Gasteiger partial charge in [0.25, 0.3) is 0 Å². The standard InChI is InChI=1S/C13H16BrNO2/c1-9-4-5-12(11(14)7-9)15-13(16)10-3-2-6-17-8-10/h4-5,7,10H,2-3,6,8H2,1H3,(H,15,16). The van der Waals surface area contributed by atoms with Crippen molar-refractivity contribution in [3.63, 3.8) is 0 Å². The monoisotopic (exact) mass is 297 g/mol. The maximum Gasteiger partial charge on any atom is 0.229 e. The van der Waals surface area contributed by atoms with Gasteiger partial charge in [-0.1, -0.05) is 6.07 Å². The summed E-state index contributed by atoms with van der Waals surface area (Å²) >= 11 is 3.45. The van der Waals surface area contributed by atoms with Crippen LogP contribution in [0.2, 0.25) is 0 Å². The molecular formula is C13H16BrNO2. The molecule has 17 heavy (non-hydrogen) atoms. The second kappa shape index (κ2) is 5.65. The highest BCUT2D eigenvalue weighted by Crippen LogP contribution is 2.25. The largest absolute Gasteiger partial charge is 0.381 e. The van der Waals surface area contributed by atoms with Crippen molar-refractivity contribution in [1.29, 1.82) is 0 Å². The average molecular weight is 298 g/mol. The van der Waals surface area contributed by atoms with Gasteiger partial charge in [-0.3, -0.25) is 4.79 Å². The van der Waals surface area contributed by atoms with Crippen LogP contribution in [0.3, 0.4) is 0 Å². The van der Waals surface area contributed by atoms with E-state index in [1.165, 1.54) is 0 Å². The van der Waals surface area contributed by atoms with Crippen LogP contribution in [-0.4, -0.2) is 19.1 Å². The Hall–Kier alpha value is -0.870.